The Morgan fingerprint density at radius 1 is 1.47 bits per heavy atom. The Labute approximate surface area is 95.4 Å². The molecule has 1 aromatic carbocycles. The van der Waals surface area contributed by atoms with Crippen molar-refractivity contribution in [3.8, 4) is 11.8 Å². The van der Waals surface area contributed by atoms with Gasteiger partial charge in [-0.2, -0.15) is 18.4 Å². The van der Waals surface area contributed by atoms with Crippen LogP contribution in [0.3, 0.4) is 0 Å². The van der Waals surface area contributed by atoms with E-state index in [4.69, 9.17) is 10.00 Å². The standard InChI is InChI=1S/C11H8F3NO2/c1-7(5-15)17-10-3-2-8(6-16)4-9(10)11(12,13)14/h2-4,6-7H,1H3. The van der Waals surface area contributed by atoms with Gasteiger partial charge in [-0.05, 0) is 25.1 Å². The first-order valence-corrected chi connectivity index (χ1v) is 4.61. The highest BCUT2D eigenvalue weighted by Crippen LogP contribution is 2.37. The average molecular weight is 243 g/mol. The van der Waals surface area contributed by atoms with Crippen LogP contribution in [0.4, 0.5) is 13.2 Å². The van der Waals surface area contributed by atoms with Crippen molar-refractivity contribution < 1.29 is 22.7 Å². The van der Waals surface area contributed by atoms with E-state index < -0.39 is 23.6 Å². The molecular weight excluding hydrogens is 235 g/mol. The van der Waals surface area contributed by atoms with Crippen molar-refractivity contribution in [2.24, 2.45) is 0 Å². The second kappa shape index (κ2) is 4.87. The minimum absolute atomic E-state index is 0.103. The third kappa shape index (κ3) is 3.21. The maximum atomic E-state index is 12.6. The third-order valence-electron chi connectivity index (χ3n) is 1.93. The fourth-order valence-corrected chi connectivity index (χ4v) is 1.16. The smallest absolute Gasteiger partial charge is 0.419 e. The first kappa shape index (κ1) is 13.0. The number of ether oxygens (including phenoxy) is 1. The van der Waals surface area contributed by atoms with Crippen molar-refractivity contribution in [1.82, 2.24) is 0 Å². The zero-order valence-electron chi connectivity index (χ0n) is 8.78. The molecule has 90 valence electrons. The molecule has 1 unspecified atom stereocenters. The van der Waals surface area contributed by atoms with Gasteiger partial charge in [0.2, 0.25) is 0 Å². The highest BCUT2D eigenvalue weighted by Gasteiger charge is 2.35. The number of halogens is 3. The predicted molar refractivity (Wildman–Crippen MR) is 52.5 cm³/mol. The minimum Gasteiger partial charge on any atom is -0.475 e. The molecule has 0 amide bonds. The highest BCUT2D eigenvalue weighted by atomic mass is 19.4. The Kier molecular flexibility index (Phi) is 3.73. The summed E-state index contributed by atoms with van der Waals surface area (Å²) in [6, 6.07) is 4.57. The van der Waals surface area contributed by atoms with Gasteiger partial charge in [0, 0.05) is 5.56 Å². The van der Waals surface area contributed by atoms with E-state index in [2.05, 4.69) is 0 Å². The number of hydrogen-bond acceptors (Lipinski definition) is 3. The SMILES string of the molecule is CC(C#N)Oc1ccc(C=O)cc1C(F)(F)F. The van der Waals surface area contributed by atoms with Gasteiger partial charge in [-0.15, -0.1) is 0 Å². The largest absolute Gasteiger partial charge is 0.475 e. The van der Waals surface area contributed by atoms with Gasteiger partial charge in [0.25, 0.3) is 0 Å². The number of aldehydes is 1. The summed E-state index contributed by atoms with van der Waals surface area (Å²) in [5.41, 5.74) is -1.17. The molecule has 17 heavy (non-hydrogen) atoms. The second-order valence-corrected chi connectivity index (χ2v) is 3.26. The fraction of sp³-hybridized carbons (Fsp3) is 0.273. The zero-order valence-corrected chi connectivity index (χ0v) is 8.78. The van der Waals surface area contributed by atoms with Crippen molar-refractivity contribution in [1.29, 1.82) is 5.26 Å². The van der Waals surface area contributed by atoms with Crippen LogP contribution in [0.25, 0.3) is 0 Å². The molecule has 0 aliphatic rings. The molecule has 0 spiro atoms. The van der Waals surface area contributed by atoms with Crippen molar-refractivity contribution in [2.75, 3.05) is 0 Å². The molecule has 6 heteroatoms. The number of benzene rings is 1. The summed E-state index contributed by atoms with van der Waals surface area (Å²) in [4.78, 5) is 10.4. The molecule has 0 aromatic heterocycles. The summed E-state index contributed by atoms with van der Waals surface area (Å²) in [7, 11) is 0. The van der Waals surface area contributed by atoms with E-state index in [0.717, 1.165) is 6.07 Å². The van der Waals surface area contributed by atoms with Crippen molar-refractivity contribution >= 4 is 6.29 Å². The minimum atomic E-state index is -4.64. The van der Waals surface area contributed by atoms with E-state index in [0.29, 0.717) is 12.4 Å². The lowest BCUT2D eigenvalue weighted by Crippen LogP contribution is -2.14. The molecule has 3 nitrogen and oxygen atoms in total. The maximum Gasteiger partial charge on any atom is 0.419 e. The molecule has 1 rings (SSSR count). The van der Waals surface area contributed by atoms with Crippen LogP contribution in [0.1, 0.15) is 22.8 Å². The first-order valence-electron chi connectivity index (χ1n) is 4.61. The Bertz CT molecular complexity index is 463. The van der Waals surface area contributed by atoms with Crippen LogP contribution in [0.15, 0.2) is 18.2 Å². The number of alkyl halides is 3. The first-order chi connectivity index (χ1) is 7.88. The summed E-state index contributed by atoms with van der Waals surface area (Å²) in [6.07, 6.45) is -5.32. The molecule has 1 atom stereocenters. The molecule has 0 aliphatic heterocycles. The predicted octanol–water partition coefficient (Wildman–Crippen LogP) is 2.81. The van der Waals surface area contributed by atoms with E-state index >= 15 is 0 Å². The number of hydrogen-bond donors (Lipinski definition) is 0. The molecular formula is C11H8F3NO2. The zero-order chi connectivity index (χ0) is 13.1. The number of nitrogens with zero attached hydrogens (tertiary/aromatic N) is 1. The van der Waals surface area contributed by atoms with E-state index in [-0.39, 0.29) is 5.56 Å². The van der Waals surface area contributed by atoms with Crippen molar-refractivity contribution in [2.45, 2.75) is 19.2 Å². The number of nitriles is 1. The van der Waals surface area contributed by atoms with Gasteiger partial charge in [-0.3, -0.25) is 4.79 Å². The van der Waals surface area contributed by atoms with Crippen molar-refractivity contribution in [3.63, 3.8) is 0 Å². The molecule has 1 aromatic rings. The molecule has 0 N–H and O–H groups in total. The third-order valence-corrected chi connectivity index (χ3v) is 1.93. The molecule has 0 saturated carbocycles. The van der Waals surface area contributed by atoms with E-state index in [1.165, 1.54) is 13.0 Å². The lowest BCUT2D eigenvalue weighted by molar-refractivity contribution is -0.139. The van der Waals surface area contributed by atoms with Crippen LogP contribution in [0.5, 0.6) is 5.75 Å². The van der Waals surface area contributed by atoms with Crippen LogP contribution >= 0.6 is 0 Å². The van der Waals surface area contributed by atoms with Crippen LogP contribution < -0.4 is 4.74 Å². The molecule has 0 bridgehead atoms. The average Bonchev–Trinajstić information content (AvgIpc) is 2.28. The molecule has 0 aliphatic carbocycles. The Hall–Kier alpha value is -2.03. The second-order valence-electron chi connectivity index (χ2n) is 3.26. The van der Waals surface area contributed by atoms with Gasteiger partial charge in [0.15, 0.2) is 6.10 Å². The summed E-state index contributed by atoms with van der Waals surface area (Å²) >= 11 is 0. The van der Waals surface area contributed by atoms with Gasteiger partial charge in [0.05, 0.1) is 5.56 Å². The van der Waals surface area contributed by atoms with Crippen LogP contribution in [-0.2, 0) is 6.18 Å². The monoisotopic (exact) mass is 243 g/mol. The Morgan fingerprint density at radius 2 is 2.12 bits per heavy atom. The van der Waals surface area contributed by atoms with E-state index in [1.54, 1.807) is 6.07 Å². The lowest BCUT2D eigenvalue weighted by atomic mass is 10.1. The molecule has 0 heterocycles. The number of carbonyl (C=O) groups is 1. The normalized spacial score (nSPS) is 12.6. The summed E-state index contributed by atoms with van der Waals surface area (Å²) in [5, 5.41) is 8.48. The van der Waals surface area contributed by atoms with E-state index in [1.807, 2.05) is 0 Å². The van der Waals surface area contributed by atoms with Crippen molar-refractivity contribution in [3.05, 3.63) is 29.3 Å². The van der Waals surface area contributed by atoms with Gasteiger partial charge in [0.1, 0.15) is 18.1 Å². The van der Waals surface area contributed by atoms with Gasteiger partial charge in [-0.25, -0.2) is 0 Å². The fourth-order valence-electron chi connectivity index (χ4n) is 1.16. The quantitative estimate of drug-likeness (QED) is 0.767. The van der Waals surface area contributed by atoms with Crippen LogP contribution in [-0.4, -0.2) is 12.4 Å². The van der Waals surface area contributed by atoms with Gasteiger partial charge in [-0.1, -0.05) is 0 Å². The maximum absolute atomic E-state index is 12.6. The summed E-state index contributed by atoms with van der Waals surface area (Å²) in [6.45, 7) is 1.33. The molecule has 0 radical (unpaired) electrons. The topological polar surface area (TPSA) is 50.1 Å². The van der Waals surface area contributed by atoms with E-state index in [9.17, 15) is 18.0 Å². The molecule has 0 saturated heterocycles. The van der Waals surface area contributed by atoms with Crippen LogP contribution in [0, 0.1) is 11.3 Å². The van der Waals surface area contributed by atoms with Gasteiger partial charge >= 0.3 is 6.18 Å². The summed E-state index contributed by atoms with van der Waals surface area (Å²) in [5.74, 6) is -0.461. The number of carbonyl (C=O) groups excluding carboxylic acids is 1. The van der Waals surface area contributed by atoms with Gasteiger partial charge < -0.3 is 4.74 Å². The van der Waals surface area contributed by atoms with Crippen LogP contribution in [0.2, 0.25) is 0 Å². The number of rotatable bonds is 3. The highest BCUT2D eigenvalue weighted by molar-refractivity contribution is 5.75. The Balaban J connectivity index is 3.21. The Morgan fingerprint density at radius 3 is 2.59 bits per heavy atom. The summed E-state index contributed by atoms with van der Waals surface area (Å²) < 4.78 is 42.7. The molecule has 0 fully saturated rings. The lowest BCUT2D eigenvalue weighted by Gasteiger charge is -2.15.